The van der Waals surface area contributed by atoms with Crippen LogP contribution in [0, 0.1) is 0 Å². The number of benzene rings is 1. The Hall–Kier alpha value is -2.14. The van der Waals surface area contributed by atoms with E-state index in [2.05, 4.69) is 25.2 Å². The number of halogens is 2. The van der Waals surface area contributed by atoms with Crippen LogP contribution in [0.4, 0.5) is 17.3 Å². The van der Waals surface area contributed by atoms with E-state index in [-0.39, 0.29) is 49.3 Å². The molecular formula is C21H25Cl2N6NiO4S-. The van der Waals surface area contributed by atoms with E-state index in [4.69, 9.17) is 27.7 Å². The Labute approximate surface area is 224 Å². The van der Waals surface area contributed by atoms with E-state index < -0.39 is 26.1 Å². The molecule has 1 N–H and O–H groups in total. The maximum Gasteiger partial charge on any atom is 0.217 e. The zero-order valence-corrected chi connectivity index (χ0v) is 23.4. The standard InChI is InChI=1S/C21H25Cl2N6O4S.Ni/c1-20(2,3)14-10-15(27-33-14)24-25-16-18(21(4,5)6)26-29(7)19(16)28-34(31,32)13-9-11(22)8-12(23)17(13)30;/h8-10H,1-7H3,(H-,24,26,27,28,30);/q-1;. The van der Waals surface area contributed by atoms with Gasteiger partial charge in [0.1, 0.15) is 16.3 Å². The molecular weight excluding hydrogens is 562 g/mol. The first kappa shape index (κ1) is 29.1. The molecule has 0 radical (unpaired) electrons. The molecule has 1 aromatic carbocycles. The Balaban J connectivity index is 0.00000432. The molecule has 194 valence electrons. The Morgan fingerprint density at radius 3 is 2.23 bits per heavy atom. The van der Waals surface area contributed by atoms with E-state index >= 15 is 0 Å². The number of sulfonamides is 1. The number of aromatic hydroxyl groups is 1. The van der Waals surface area contributed by atoms with Crippen LogP contribution in [0.3, 0.4) is 0 Å². The Morgan fingerprint density at radius 2 is 1.69 bits per heavy atom. The van der Waals surface area contributed by atoms with Gasteiger partial charge in [-0.2, -0.15) is 0 Å². The van der Waals surface area contributed by atoms with Gasteiger partial charge in [-0.05, 0) is 25.0 Å². The number of hydrogen-bond donors (Lipinski definition) is 1. The quantitative estimate of drug-likeness (QED) is 0.257. The van der Waals surface area contributed by atoms with Gasteiger partial charge in [0, 0.05) is 38.4 Å². The number of hydrogen-bond acceptors (Lipinski definition) is 8. The van der Waals surface area contributed by atoms with E-state index in [9.17, 15) is 13.5 Å². The van der Waals surface area contributed by atoms with Crippen molar-refractivity contribution < 1.29 is 34.5 Å². The molecule has 0 bridgehead atoms. The summed E-state index contributed by atoms with van der Waals surface area (Å²) < 4.78 is 36.7. The van der Waals surface area contributed by atoms with E-state index in [1.165, 1.54) is 17.8 Å². The fraction of sp³-hybridized carbons (Fsp3) is 0.429. The van der Waals surface area contributed by atoms with Crippen molar-refractivity contribution in [3.05, 3.63) is 44.4 Å². The second-order valence-electron chi connectivity index (χ2n) is 9.69. The second-order valence-corrected chi connectivity index (χ2v) is 12.1. The van der Waals surface area contributed by atoms with Crippen molar-refractivity contribution in [1.82, 2.24) is 14.9 Å². The summed E-state index contributed by atoms with van der Waals surface area (Å²) in [6, 6.07) is 3.94. The summed E-state index contributed by atoms with van der Waals surface area (Å²) in [6.07, 6.45) is 0. The zero-order chi connectivity index (χ0) is 25.6. The molecule has 0 aliphatic rings. The van der Waals surface area contributed by atoms with Crippen LogP contribution in [-0.2, 0) is 44.4 Å². The molecule has 35 heavy (non-hydrogen) atoms. The van der Waals surface area contributed by atoms with Crippen LogP contribution >= 0.6 is 23.2 Å². The summed E-state index contributed by atoms with van der Waals surface area (Å²) in [7, 11) is -2.93. The third-order valence-corrected chi connectivity index (χ3v) is 6.46. The number of rotatable bonds is 5. The molecule has 0 spiro atoms. The first-order chi connectivity index (χ1) is 15.5. The molecule has 10 nitrogen and oxygen atoms in total. The summed E-state index contributed by atoms with van der Waals surface area (Å²) in [5.74, 6) is 0.0726. The molecule has 3 aromatic rings. The summed E-state index contributed by atoms with van der Waals surface area (Å²) in [6.45, 7) is 11.6. The number of aryl methyl sites for hydroxylation is 1. The molecule has 0 saturated heterocycles. The molecule has 0 saturated carbocycles. The van der Waals surface area contributed by atoms with Gasteiger partial charge in [0.05, 0.1) is 10.7 Å². The topological polar surface area (TPSA) is 137 Å². The number of nitrogens with zero attached hydrogens (tertiary/aromatic N) is 6. The number of phenolic OH excluding ortho intramolecular Hbond substituents is 1. The fourth-order valence-corrected chi connectivity index (χ4v) is 4.65. The van der Waals surface area contributed by atoms with Crippen molar-refractivity contribution >= 4 is 50.5 Å². The monoisotopic (exact) mass is 585 g/mol. The average Bonchev–Trinajstić information content (AvgIpc) is 3.28. The van der Waals surface area contributed by atoms with Crippen LogP contribution < -0.4 is 0 Å². The Kier molecular flexibility index (Phi) is 8.38. The smallest absolute Gasteiger partial charge is 0.217 e. The van der Waals surface area contributed by atoms with Crippen LogP contribution in [0.25, 0.3) is 4.72 Å². The SMILES string of the molecule is Cn1nc(C(C)(C)C)c(N=Nc2cc(C(C)(C)C)on2)c1[N-]S(=O)(=O)c1cc(Cl)cc(Cl)c1O.[Ni]. The van der Waals surface area contributed by atoms with Crippen LogP contribution in [0.15, 0.2) is 37.8 Å². The fourth-order valence-electron chi connectivity index (χ4n) is 2.87. The van der Waals surface area contributed by atoms with Gasteiger partial charge < -0.3 is 19.0 Å². The van der Waals surface area contributed by atoms with Crippen LogP contribution in [-0.4, -0.2) is 28.5 Å². The zero-order valence-electron chi connectivity index (χ0n) is 20.1. The summed E-state index contributed by atoms with van der Waals surface area (Å²) >= 11 is 11.8. The summed E-state index contributed by atoms with van der Waals surface area (Å²) in [4.78, 5) is -0.544. The number of azo groups is 1. The van der Waals surface area contributed by atoms with E-state index in [0.717, 1.165) is 6.07 Å². The minimum atomic E-state index is -4.45. The minimum Gasteiger partial charge on any atom is -0.505 e. The van der Waals surface area contributed by atoms with Crippen molar-refractivity contribution in [3.8, 4) is 5.75 Å². The van der Waals surface area contributed by atoms with Crippen molar-refractivity contribution in [2.75, 3.05) is 0 Å². The maximum absolute atomic E-state index is 13.1. The van der Waals surface area contributed by atoms with Crippen molar-refractivity contribution in [2.45, 2.75) is 57.3 Å². The van der Waals surface area contributed by atoms with E-state index in [0.29, 0.717) is 11.5 Å². The van der Waals surface area contributed by atoms with Gasteiger partial charge in [-0.1, -0.05) is 69.9 Å². The van der Waals surface area contributed by atoms with Gasteiger partial charge in [0.25, 0.3) is 0 Å². The molecule has 2 heterocycles. The van der Waals surface area contributed by atoms with Gasteiger partial charge in [0.2, 0.25) is 15.8 Å². The first-order valence-corrected chi connectivity index (χ1v) is 12.3. The Morgan fingerprint density at radius 1 is 1.06 bits per heavy atom. The third kappa shape index (κ3) is 6.36. The minimum absolute atomic E-state index is 0. The van der Waals surface area contributed by atoms with E-state index in [1.807, 2.05) is 41.5 Å². The second kappa shape index (κ2) is 10.1. The van der Waals surface area contributed by atoms with Gasteiger partial charge in [-0.15, -0.1) is 10.2 Å². The predicted octanol–water partition coefficient (Wildman–Crippen LogP) is 6.82. The molecule has 0 fully saturated rings. The van der Waals surface area contributed by atoms with Gasteiger partial charge in [-0.3, -0.25) is 5.10 Å². The third-order valence-electron chi connectivity index (χ3n) is 4.67. The van der Waals surface area contributed by atoms with Crippen molar-refractivity contribution in [1.29, 1.82) is 0 Å². The maximum atomic E-state index is 13.1. The van der Waals surface area contributed by atoms with Crippen LogP contribution in [0.2, 0.25) is 10.0 Å². The predicted molar refractivity (Wildman–Crippen MR) is 130 cm³/mol. The molecule has 0 aliphatic carbocycles. The number of phenols is 1. The largest absolute Gasteiger partial charge is 0.505 e. The van der Waals surface area contributed by atoms with Crippen molar-refractivity contribution in [3.63, 3.8) is 0 Å². The molecule has 0 atom stereocenters. The summed E-state index contributed by atoms with van der Waals surface area (Å²) in [5.41, 5.74) is -0.210. The molecule has 0 unspecified atom stereocenters. The van der Waals surface area contributed by atoms with Gasteiger partial charge >= 0.3 is 0 Å². The van der Waals surface area contributed by atoms with Gasteiger partial charge in [0.15, 0.2) is 5.75 Å². The molecule has 3 rings (SSSR count). The van der Waals surface area contributed by atoms with Gasteiger partial charge in [-0.25, -0.2) is 8.42 Å². The molecule has 0 aliphatic heterocycles. The Bertz CT molecular complexity index is 1370. The first-order valence-electron chi connectivity index (χ1n) is 10.1. The molecule has 2 aromatic heterocycles. The molecule has 0 amide bonds. The van der Waals surface area contributed by atoms with Crippen LogP contribution in [0.5, 0.6) is 5.75 Å². The van der Waals surface area contributed by atoms with Crippen molar-refractivity contribution in [2.24, 2.45) is 17.3 Å². The summed E-state index contributed by atoms with van der Waals surface area (Å²) in [5, 5.41) is 26.7. The van der Waals surface area contributed by atoms with Crippen LogP contribution in [0.1, 0.15) is 53.0 Å². The number of aromatic nitrogens is 3. The average molecular weight is 587 g/mol. The van der Waals surface area contributed by atoms with E-state index in [1.54, 1.807) is 6.07 Å². The normalized spacial score (nSPS) is 12.7. The molecule has 14 heteroatoms.